The Morgan fingerprint density at radius 3 is 3.00 bits per heavy atom. The molecule has 1 aromatic heterocycles. The molecule has 0 atom stereocenters. The van der Waals surface area contributed by atoms with Gasteiger partial charge in [-0.2, -0.15) is 4.39 Å². The molecule has 0 N–H and O–H groups in total. The van der Waals surface area contributed by atoms with Crippen molar-refractivity contribution in [1.29, 1.82) is 0 Å². The maximum absolute atomic E-state index is 12.3. The van der Waals surface area contributed by atoms with Gasteiger partial charge in [-0.1, -0.05) is 11.2 Å². The second kappa shape index (κ2) is 4.31. The summed E-state index contributed by atoms with van der Waals surface area (Å²) in [6, 6.07) is 2.90. The fourth-order valence-corrected chi connectivity index (χ4v) is 0.778. The fourth-order valence-electron chi connectivity index (χ4n) is 0.778. The van der Waals surface area contributed by atoms with Crippen molar-refractivity contribution < 1.29 is 4.39 Å². The maximum Gasteiger partial charge on any atom is 0.212 e. The Bertz CT molecular complexity index is 289. The molecule has 0 spiro atoms. The maximum atomic E-state index is 12.3. The third-order valence-corrected chi connectivity index (χ3v) is 1.35. The topological polar surface area (TPSA) is 61.7 Å². The van der Waals surface area contributed by atoms with Crippen molar-refractivity contribution in [3.05, 3.63) is 40.3 Å². The molecule has 0 aliphatic carbocycles. The van der Waals surface area contributed by atoms with E-state index in [0.29, 0.717) is 13.0 Å². The summed E-state index contributed by atoms with van der Waals surface area (Å²) in [5.41, 5.74) is 8.84. The summed E-state index contributed by atoms with van der Waals surface area (Å²) in [5, 5.41) is 3.35. The van der Waals surface area contributed by atoms with Gasteiger partial charge in [-0.3, -0.25) is 0 Å². The van der Waals surface area contributed by atoms with Crippen LogP contribution in [0.15, 0.2) is 23.4 Å². The highest BCUT2D eigenvalue weighted by Gasteiger charge is 1.92. The lowest BCUT2D eigenvalue weighted by Crippen LogP contribution is -1.90. The van der Waals surface area contributed by atoms with Crippen LogP contribution < -0.4 is 0 Å². The van der Waals surface area contributed by atoms with Crippen LogP contribution in [0.25, 0.3) is 10.4 Å². The van der Waals surface area contributed by atoms with E-state index in [9.17, 15) is 4.39 Å². The van der Waals surface area contributed by atoms with Crippen molar-refractivity contribution in [2.45, 2.75) is 6.42 Å². The lowest BCUT2D eigenvalue weighted by atomic mass is 10.2. The van der Waals surface area contributed by atoms with Gasteiger partial charge < -0.3 is 0 Å². The number of hydrogen-bond donors (Lipinski definition) is 0. The third kappa shape index (κ3) is 2.56. The molecule has 1 rings (SSSR count). The number of rotatable bonds is 3. The lowest BCUT2D eigenvalue weighted by molar-refractivity contribution is 0.582. The smallest absolute Gasteiger partial charge is 0.212 e. The summed E-state index contributed by atoms with van der Waals surface area (Å²) in [4.78, 5) is 6.06. The van der Waals surface area contributed by atoms with Crippen LogP contribution in [-0.4, -0.2) is 11.5 Å². The highest BCUT2D eigenvalue weighted by Crippen LogP contribution is 1.99. The summed E-state index contributed by atoms with van der Waals surface area (Å²) in [5.74, 6) is -0.498. The molecule has 0 amide bonds. The van der Waals surface area contributed by atoms with E-state index in [0.717, 1.165) is 5.56 Å². The molecule has 0 fully saturated rings. The zero-order valence-electron chi connectivity index (χ0n) is 6.31. The molecule has 0 saturated heterocycles. The molecule has 0 saturated carbocycles. The molecule has 0 unspecified atom stereocenters. The average Bonchev–Trinajstić information content (AvgIpc) is 2.09. The molecule has 0 aromatic carbocycles. The first kappa shape index (κ1) is 8.49. The summed E-state index contributed by atoms with van der Waals surface area (Å²) < 4.78 is 12.3. The number of hydrogen-bond acceptors (Lipinski definition) is 2. The van der Waals surface area contributed by atoms with Gasteiger partial charge in [-0.05, 0) is 23.6 Å². The zero-order chi connectivity index (χ0) is 8.81. The van der Waals surface area contributed by atoms with Gasteiger partial charge in [0.15, 0.2) is 0 Å². The van der Waals surface area contributed by atoms with Gasteiger partial charge in [0.05, 0.1) is 0 Å². The highest BCUT2D eigenvalue weighted by atomic mass is 19.1. The Kier molecular flexibility index (Phi) is 3.04. The molecule has 0 aliphatic heterocycles. The van der Waals surface area contributed by atoms with Crippen LogP contribution in [0.2, 0.25) is 0 Å². The van der Waals surface area contributed by atoms with Gasteiger partial charge in [-0.25, -0.2) is 4.98 Å². The molecule has 4 nitrogen and oxygen atoms in total. The van der Waals surface area contributed by atoms with Crippen LogP contribution in [0.4, 0.5) is 4.39 Å². The summed E-state index contributed by atoms with van der Waals surface area (Å²) in [7, 11) is 0. The molecule has 5 heteroatoms. The van der Waals surface area contributed by atoms with E-state index in [1.54, 1.807) is 6.07 Å². The quantitative estimate of drug-likeness (QED) is 0.293. The molecule has 0 bridgehead atoms. The summed E-state index contributed by atoms with van der Waals surface area (Å²) in [6.45, 7) is 0.379. The minimum absolute atomic E-state index is 0.379. The molecule has 1 aromatic rings. The second-order valence-electron chi connectivity index (χ2n) is 2.19. The molecule has 62 valence electrons. The van der Waals surface area contributed by atoms with E-state index >= 15 is 0 Å². The first-order chi connectivity index (χ1) is 5.83. The minimum atomic E-state index is -0.498. The first-order valence-corrected chi connectivity index (χ1v) is 3.44. The van der Waals surface area contributed by atoms with Gasteiger partial charge in [0.1, 0.15) is 0 Å². The molecule has 1 heterocycles. The van der Waals surface area contributed by atoms with Crippen molar-refractivity contribution in [2.75, 3.05) is 6.54 Å². The second-order valence-corrected chi connectivity index (χ2v) is 2.19. The van der Waals surface area contributed by atoms with Crippen molar-refractivity contribution in [1.82, 2.24) is 4.98 Å². The Morgan fingerprint density at radius 1 is 1.58 bits per heavy atom. The number of azide groups is 1. The van der Waals surface area contributed by atoms with Crippen LogP contribution >= 0.6 is 0 Å². The van der Waals surface area contributed by atoms with E-state index in [2.05, 4.69) is 15.0 Å². The van der Waals surface area contributed by atoms with Crippen LogP contribution in [-0.2, 0) is 6.42 Å². The van der Waals surface area contributed by atoms with Gasteiger partial charge in [-0.15, -0.1) is 0 Å². The summed E-state index contributed by atoms with van der Waals surface area (Å²) in [6.07, 6.45) is 2.03. The van der Waals surface area contributed by atoms with Crippen molar-refractivity contribution in [2.24, 2.45) is 5.11 Å². The Labute approximate surface area is 68.7 Å². The van der Waals surface area contributed by atoms with Gasteiger partial charge in [0, 0.05) is 17.7 Å². The average molecular weight is 166 g/mol. The van der Waals surface area contributed by atoms with Crippen molar-refractivity contribution >= 4 is 0 Å². The summed E-state index contributed by atoms with van der Waals surface area (Å²) >= 11 is 0. The number of halogens is 1. The van der Waals surface area contributed by atoms with E-state index in [4.69, 9.17) is 5.53 Å². The Hall–Kier alpha value is -1.61. The van der Waals surface area contributed by atoms with Crippen LogP contribution in [0.1, 0.15) is 5.56 Å². The number of aromatic nitrogens is 1. The van der Waals surface area contributed by atoms with Gasteiger partial charge in [0.25, 0.3) is 0 Å². The normalized spacial score (nSPS) is 9.08. The van der Waals surface area contributed by atoms with Crippen LogP contribution in [0, 0.1) is 5.95 Å². The molecule has 0 radical (unpaired) electrons. The monoisotopic (exact) mass is 166 g/mol. The van der Waals surface area contributed by atoms with Crippen LogP contribution in [0.3, 0.4) is 0 Å². The first-order valence-electron chi connectivity index (χ1n) is 3.44. The molecule has 12 heavy (non-hydrogen) atoms. The number of pyridine rings is 1. The lowest BCUT2D eigenvalue weighted by Gasteiger charge is -1.94. The number of nitrogens with zero attached hydrogens (tertiary/aromatic N) is 4. The fraction of sp³-hybridized carbons (Fsp3) is 0.286. The predicted molar refractivity (Wildman–Crippen MR) is 41.9 cm³/mol. The van der Waals surface area contributed by atoms with Gasteiger partial charge in [0.2, 0.25) is 5.95 Å². The Morgan fingerprint density at radius 2 is 2.42 bits per heavy atom. The molecule has 0 aliphatic rings. The largest absolute Gasteiger partial charge is 0.228 e. The van der Waals surface area contributed by atoms with Crippen molar-refractivity contribution in [3.8, 4) is 0 Å². The standard InChI is InChI=1S/C7H7FN4/c8-7-2-1-6(5-10-7)3-4-11-12-9/h1-2,5H,3-4H2. The molecular weight excluding hydrogens is 159 g/mol. The van der Waals surface area contributed by atoms with E-state index in [1.807, 2.05) is 0 Å². The Balaban J connectivity index is 2.53. The van der Waals surface area contributed by atoms with Gasteiger partial charge >= 0.3 is 0 Å². The van der Waals surface area contributed by atoms with Crippen LogP contribution in [0.5, 0.6) is 0 Å². The minimum Gasteiger partial charge on any atom is -0.228 e. The third-order valence-electron chi connectivity index (χ3n) is 1.35. The zero-order valence-corrected chi connectivity index (χ0v) is 6.31. The molecular formula is C7H7FN4. The highest BCUT2D eigenvalue weighted by molar-refractivity contribution is 5.09. The van der Waals surface area contributed by atoms with E-state index in [-0.39, 0.29) is 0 Å². The van der Waals surface area contributed by atoms with E-state index < -0.39 is 5.95 Å². The predicted octanol–water partition coefficient (Wildman–Crippen LogP) is 2.07. The van der Waals surface area contributed by atoms with E-state index in [1.165, 1.54) is 12.3 Å². The SMILES string of the molecule is [N-]=[N+]=NCCc1ccc(F)nc1. The van der Waals surface area contributed by atoms with Crippen molar-refractivity contribution in [3.63, 3.8) is 0 Å².